The van der Waals surface area contributed by atoms with Gasteiger partial charge < -0.3 is 4.98 Å². The Balaban J connectivity index is 1.44. The molecule has 1 heterocycles. The number of unbranched alkanes of at least 4 members (excludes halogenated alkanes) is 26. The van der Waals surface area contributed by atoms with Crippen molar-refractivity contribution in [1.82, 2.24) is 4.98 Å². The molecule has 0 amide bonds. The lowest BCUT2D eigenvalue weighted by molar-refractivity contribution is 0.537. The van der Waals surface area contributed by atoms with Crippen LogP contribution in [-0.2, 0) is 20.0 Å². The quantitative estimate of drug-likeness (QED) is 0.0515. The van der Waals surface area contributed by atoms with Crippen molar-refractivity contribution in [2.45, 2.75) is 194 Å². The average Bonchev–Trinajstić information content (AvgIpc) is 3.51. The van der Waals surface area contributed by atoms with Crippen LogP contribution >= 0.6 is 0 Å². The van der Waals surface area contributed by atoms with E-state index in [-0.39, 0.29) is 11.5 Å². The first kappa shape index (κ1) is 46.9. The summed E-state index contributed by atoms with van der Waals surface area (Å²) in [5, 5.41) is 0.639. The van der Waals surface area contributed by atoms with E-state index in [2.05, 4.69) is 28.3 Å². The molecule has 0 aliphatic carbocycles. The van der Waals surface area contributed by atoms with Crippen LogP contribution in [0.1, 0.15) is 194 Å². The Bertz CT molecular complexity index is 1640. The number of sulfonamides is 2. The molecule has 1 aromatic heterocycles. The highest BCUT2D eigenvalue weighted by molar-refractivity contribution is 7.93. The Morgan fingerprint density at radius 2 is 0.836 bits per heavy atom. The minimum atomic E-state index is -3.63. The number of aromatic amines is 1. The maximum absolute atomic E-state index is 13.4. The highest BCUT2D eigenvalue weighted by Crippen LogP contribution is 2.37. The number of benzene rings is 2. The van der Waals surface area contributed by atoms with Crippen LogP contribution in [0.4, 0.5) is 11.4 Å². The van der Waals surface area contributed by atoms with Crippen molar-refractivity contribution in [3.8, 4) is 11.3 Å². The molecule has 0 fully saturated rings. The van der Waals surface area contributed by atoms with Crippen molar-refractivity contribution in [2.75, 3.05) is 20.9 Å². The summed E-state index contributed by atoms with van der Waals surface area (Å²) in [6.45, 7) is 4.52. The fraction of sp³-hybridized carbons (Fsp3) is 0.696. The van der Waals surface area contributed by atoms with E-state index in [1.165, 1.54) is 128 Å². The van der Waals surface area contributed by atoms with Gasteiger partial charge in [0.2, 0.25) is 20.0 Å². The molecule has 312 valence electrons. The van der Waals surface area contributed by atoms with Crippen molar-refractivity contribution in [2.24, 2.45) is 0 Å². The summed E-state index contributed by atoms with van der Waals surface area (Å²) < 4.78 is 58.7. The van der Waals surface area contributed by atoms with E-state index in [1.54, 1.807) is 12.1 Å². The molecule has 3 aromatic rings. The van der Waals surface area contributed by atoms with Crippen LogP contribution in [0, 0.1) is 0 Å². The SMILES string of the molecule is CCCCCCCCCCCCCCCCS(=O)(=O)Nc1ccc2[nH]c(-c3ccccc3)c(NS(=O)(=O)CCCCCCCCCCCCCCCC)c2c1. The van der Waals surface area contributed by atoms with Crippen molar-refractivity contribution >= 4 is 42.3 Å². The Hall–Kier alpha value is -2.52. The van der Waals surface area contributed by atoms with E-state index < -0.39 is 20.0 Å². The number of fused-ring (bicyclic) bond motifs is 1. The molecule has 0 aliphatic rings. The molecule has 0 bridgehead atoms. The zero-order valence-corrected chi connectivity index (χ0v) is 36.4. The molecule has 0 saturated heterocycles. The number of H-pyrrole nitrogens is 1. The third kappa shape index (κ3) is 20.5. The van der Waals surface area contributed by atoms with Gasteiger partial charge in [-0.1, -0.05) is 211 Å². The number of nitrogens with one attached hydrogen (secondary N) is 3. The molecule has 7 nitrogen and oxygen atoms in total. The predicted molar refractivity (Wildman–Crippen MR) is 239 cm³/mol. The number of hydrogen-bond acceptors (Lipinski definition) is 4. The minimum absolute atomic E-state index is 0.0530. The molecule has 3 N–H and O–H groups in total. The van der Waals surface area contributed by atoms with Gasteiger partial charge in [-0.2, -0.15) is 0 Å². The van der Waals surface area contributed by atoms with E-state index in [0.29, 0.717) is 35.3 Å². The average molecular weight is 800 g/mol. The molecule has 9 heteroatoms. The summed E-state index contributed by atoms with van der Waals surface area (Å²) in [6, 6.07) is 14.9. The van der Waals surface area contributed by atoms with E-state index in [9.17, 15) is 16.8 Å². The van der Waals surface area contributed by atoms with Crippen LogP contribution in [0.15, 0.2) is 48.5 Å². The van der Waals surface area contributed by atoms with E-state index in [0.717, 1.165) is 49.6 Å². The van der Waals surface area contributed by atoms with Gasteiger partial charge in [0.05, 0.1) is 22.9 Å². The van der Waals surface area contributed by atoms with Crippen LogP contribution in [0.25, 0.3) is 22.2 Å². The van der Waals surface area contributed by atoms with Crippen LogP contribution in [0.3, 0.4) is 0 Å². The van der Waals surface area contributed by atoms with E-state index in [4.69, 9.17) is 0 Å². The monoisotopic (exact) mass is 800 g/mol. The third-order valence-electron chi connectivity index (χ3n) is 10.9. The maximum atomic E-state index is 13.4. The molecule has 55 heavy (non-hydrogen) atoms. The number of rotatable bonds is 35. The summed E-state index contributed by atoms with van der Waals surface area (Å²) in [5.74, 6) is 0.127. The molecular formula is C46H77N3O4S2. The third-order valence-corrected chi connectivity index (χ3v) is 13.6. The fourth-order valence-corrected chi connectivity index (χ4v) is 9.97. The molecule has 0 spiro atoms. The summed E-state index contributed by atoms with van der Waals surface area (Å²) >= 11 is 0. The Morgan fingerprint density at radius 1 is 0.455 bits per heavy atom. The lowest BCUT2D eigenvalue weighted by atomic mass is 10.0. The Morgan fingerprint density at radius 3 is 1.25 bits per heavy atom. The zero-order valence-electron chi connectivity index (χ0n) is 34.8. The van der Waals surface area contributed by atoms with Crippen molar-refractivity contribution < 1.29 is 16.8 Å². The van der Waals surface area contributed by atoms with Crippen molar-refractivity contribution in [3.63, 3.8) is 0 Å². The van der Waals surface area contributed by atoms with Gasteiger partial charge in [-0.3, -0.25) is 9.44 Å². The van der Waals surface area contributed by atoms with Gasteiger partial charge in [0, 0.05) is 22.2 Å². The van der Waals surface area contributed by atoms with E-state index >= 15 is 0 Å². The fourth-order valence-electron chi connectivity index (χ4n) is 7.59. The molecule has 0 radical (unpaired) electrons. The highest BCUT2D eigenvalue weighted by atomic mass is 32.2. The predicted octanol–water partition coefficient (Wildman–Crippen LogP) is 14.3. The highest BCUT2D eigenvalue weighted by Gasteiger charge is 2.20. The number of aromatic nitrogens is 1. The second-order valence-electron chi connectivity index (χ2n) is 16.0. The minimum Gasteiger partial charge on any atom is -0.353 e. The van der Waals surface area contributed by atoms with Crippen LogP contribution in [0.5, 0.6) is 0 Å². The molecule has 0 aliphatic heterocycles. The zero-order chi connectivity index (χ0) is 39.5. The smallest absolute Gasteiger partial charge is 0.232 e. The van der Waals surface area contributed by atoms with Gasteiger partial charge in [-0.15, -0.1) is 0 Å². The first-order valence-electron chi connectivity index (χ1n) is 22.5. The van der Waals surface area contributed by atoms with Crippen LogP contribution in [0.2, 0.25) is 0 Å². The van der Waals surface area contributed by atoms with Gasteiger partial charge in [0.25, 0.3) is 0 Å². The molecule has 0 atom stereocenters. The Kier molecular flexibility index (Phi) is 23.8. The first-order chi connectivity index (χ1) is 26.7. The second-order valence-corrected chi connectivity index (χ2v) is 19.7. The Labute approximate surface area is 337 Å². The van der Waals surface area contributed by atoms with Gasteiger partial charge in [0.15, 0.2) is 0 Å². The molecule has 3 rings (SSSR count). The summed E-state index contributed by atoms with van der Waals surface area (Å²) in [7, 11) is -7.18. The largest absolute Gasteiger partial charge is 0.353 e. The van der Waals surface area contributed by atoms with Gasteiger partial charge in [-0.05, 0) is 31.0 Å². The first-order valence-corrected chi connectivity index (χ1v) is 25.8. The molecule has 0 saturated carbocycles. The summed E-state index contributed by atoms with van der Waals surface area (Å²) in [6.07, 6.45) is 34.1. The van der Waals surface area contributed by atoms with Gasteiger partial charge in [-0.25, -0.2) is 16.8 Å². The summed E-state index contributed by atoms with van der Waals surface area (Å²) in [4.78, 5) is 3.39. The summed E-state index contributed by atoms with van der Waals surface area (Å²) in [5.41, 5.74) is 3.15. The number of hydrogen-bond donors (Lipinski definition) is 3. The van der Waals surface area contributed by atoms with E-state index in [1.807, 2.05) is 36.4 Å². The van der Waals surface area contributed by atoms with Crippen molar-refractivity contribution in [1.29, 1.82) is 0 Å². The van der Waals surface area contributed by atoms with Gasteiger partial charge >= 0.3 is 0 Å². The lowest BCUT2D eigenvalue weighted by Crippen LogP contribution is -2.17. The van der Waals surface area contributed by atoms with Gasteiger partial charge in [0.1, 0.15) is 0 Å². The topological polar surface area (TPSA) is 108 Å². The van der Waals surface area contributed by atoms with Crippen LogP contribution in [-0.4, -0.2) is 33.3 Å². The normalized spacial score (nSPS) is 12.1. The molecular weight excluding hydrogens is 723 g/mol. The second kappa shape index (κ2) is 28.0. The maximum Gasteiger partial charge on any atom is 0.232 e. The number of anilines is 2. The lowest BCUT2D eigenvalue weighted by Gasteiger charge is -2.11. The molecule has 2 aromatic carbocycles. The van der Waals surface area contributed by atoms with Crippen LogP contribution < -0.4 is 9.44 Å². The molecule has 0 unspecified atom stereocenters. The van der Waals surface area contributed by atoms with Crippen molar-refractivity contribution in [3.05, 3.63) is 48.5 Å². The standard InChI is InChI=1S/C46H77N3O4S2/c1-3-5-7-9-11-13-15-17-19-21-23-25-27-32-38-54(50,51)48-42-36-37-44-43(40-42)46(45(47-44)41-34-30-29-31-35-41)49-55(52,53)39-33-28-26-24-22-20-18-16-14-12-10-8-6-4-2/h29-31,34-37,40,47-49H,3-28,32-33,38-39H2,1-2H3.